The molecule has 0 bridgehead atoms. The van der Waals surface area contributed by atoms with Crippen LogP contribution in [0.3, 0.4) is 0 Å². The van der Waals surface area contributed by atoms with Crippen LogP contribution in [-0.4, -0.2) is 28.5 Å². The van der Waals surface area contributed by atoms with Gasteiger partial charge in [-0.05, 0) is 18.2 Å². The van der Waals surface area contributed by atoms with E-state index in [9.17, 15) is 0 Å². The molecule has 0 aliphatic rings. The number of thiocarbonyl (C=S) groups is 1. The highest BCUT2D eigenvalue weighted by atomic mass is 35.5. The fourth-order valence-electron chi connectivity index (χ4n) is 1.69. The number of aromatic nitrogens is 2. The summed E-state index contributed by atoms with van der Waals surface area (Å²) in [4.78, 5) is 0.286. The van der Waals surface area contributed by atoms with Crippen LogP contribution in [-0.2, 0) is 11.3 Å². The van der Waals surface area contributed by atoms with Crippen LogP contribution in [0.25, 0.3) is 0 Å². The summed E-state index contributed by atoms with van der Waals surface area (Å²) in [7, 11) is 1.66. The largest absolute Gasteiger partial charge is 0.389 e. The molecule has 0 aliphatic heterocycles. The highest BCUT2D eigenvalue weighted by Crippen LogP contribution is 2.23. The molecule has 1 heterocycles. The van der Waals surface area contributed by atoms with Crippen molar-refractivity contribution >= 4 is 40.2 Å². The van der Waals surface area contributed by atoms with Gasteiger partial charge in [0.15, 0.2) is 0 Å². The Morgan fingerprint density at radius 2 is 2.30 bits per heavy atom. The normalized spacial score (nSPS) is 10.5. The summed E-state index contributed by atoms with van der Waals surface area (Å²) >= 11 is 11.0. The third kappa shape index (κ3) is 3.69. The molecule has 106 valence electrons. The van der Waals surface area contributed by atoms with E-state index >= 15 is 0 Å². The first-order valence-electron chi connectivity index (χ1n) is 5.98. The summed E-state index contributed by atoms with van der Waals surface area (Å²) in [5, 5.41) is 7.96. The second kappa shape index (κ2) is 6.69. The van der Waals surface area contributed by atoms with Gasteiger partial charge in [0.1, 0.15) is 4.99 Å². The number of hydrogen-bond acceptors (Lipinski definition) is 4. The molecule has 2 rings (SSSR count). The fourth-order valence-corrected chi connectivity index (χ4v) is 2.21. The van der Waals surface area contributed by atoms with Gasteiger partial charge in [0.25, 0.3) is 0 Å². The van der Waals surface area contributed by atoms with Gasteiger partial charge in [0.2, 0.25) is 0 Å². The smallest absolute Gasteiger partial charge is 0.105 e. The van der Waals surface area contributed by atoms with Gasteiger partial charge in [0, 0.05) is 24.6 Å². The van der Waals surface area contributed by atoms with Gasteiger partial charge >= 0.3 is 0 Å². The van der Waals surface area contributed by atoms with Crippen LogP contribution in [0.5, 0.6) is 0 Å². The molecule has 0 amide bonds. The second-order valence-corrected chi connectivity index (χ2v) is 5.02. The zero-order chi connectivity index (χ0) is 14.5. The number of hydrogen-bond donors (Lipinski definition) is 2. The van der Waals surface area contributed by atoms with Gasteiger partial charge in [0.05, 0.1) is 30.1 Å². The van der Waals surface area contributed by atoms with Crippen LogP contribution in [0.1, 0.15) is 5.56 Å². The number of ether oxygens (including phenoxy) is 1. The SMILES string of the molecule is COCCn1cc(Nc2ccc(C(N)=S)c(Cl)c2)cn1. The predicted octanol–water partition coefficient (Wildman–Crippen LogP) is 2.56. The Morgan fingerprint density at radius 3 is 2.95 bits per heavy atom. The zero-order valence-corrected chi connectivity index (χ0v) is 12.5. The lowest BCUT2D eigenvalue weighted by molar-refractivity contribution is 0.183. The van der Waals surface area contributed by atoms with Crippen molar-refractivity contribution in [3.05, 3.63) is 41.2 Å². The molecule has 1 aromatic carbocycles. The number of methoxy groups -OCH3 is 1. The van der Waals surface area contributed by atoms with Crippen molar-refractivity contribution in [2.75, 3.05) is 19.0 Å². The van der Waals surface area contributed by atoms with Crippen LogP contribution < -0.4 is 11.1 Å². The quantitative estimate of drug-likeness (QED) is 0.803. The van der Waals surface area contributed by atoms with Crippen LogP contribution in [0.2, 0.25) is 5.02 Å². The molecular formula is C13H15ClN4OS. The molecule has 0 saturated heterocycles. The molecule has 0 spiro atoms. The number of halogens is 1. The topological polar surface area (TPSA) is 65.1 Å². The molecule has 0 fully saturated rings. The van der Waals surface area contributed by atoms with E-state index in [0.717, 1.165) is 11.4 Å². The maximum atomic E-state index is 6.12. The standard InChI is InChI=1S/C13H15ClN4OS/c1-19-5-4-18-8-10(7-16-18)17-9-2-3-11(13(15)20)12(14)6-9/h2-3,6-8,17H,4-5H2,1H3,(H2,15,20). The fraction of sp³-hybridized carbons (Fsp3) is 0.231. The molecule has 0 atom stereocenters. The van der Waals surface area contributed by atoms with Gasteiger partial charge in [-0.15, -0.1) is 0 Å². The average Bonchev–Trinajstić information content (AvgIpc) is 2.83. The molecule has 0 saturated carbocycles. The van der Waals surface area contributed by atoms with Crippen LogP contribution >= 0.6 is 23.8 Å². The van der Waals surface area contributed by atoms with E-state index < -0.39 is 0 Å². The van der Waals surface area contributed by atoms with Crippen molar-refractivity contribution < 1.29 is 4.74 Å². The number of anilines is 2. The lowest BCUT2D eigenvalue weighted by atomic mass is 10.2. The van der Waals surface area contributed by atoms with Crippen molar-refractivity contribution in [2.45, 2.75) is 6.54 Å². The third-order valence-electron chi connectivity index (χ3n) is 2.68. The van der Waals surface area contributed by atoms with E-state index in [0.29, 0.717) is 23.7 Å². The number of nitrogens with zero attached hydrogens (tertiary/aromatic N) is 2. The minimum Gasteiger partial charge on any atom is -0.389 e. The lowest BCUT2D eigenvalue weighted by Gasteiger charge is -2.07. The van der Waals surface area contributed by atoms with Gasteiger partial charge in [-0.25, -0.2) is 0 Å². The first-order valence-corrected chi connectivity index (χ1v) is 6.76. The summed E-state index contributed by atoms with van der Waals surface area (Å²) in [6, 6.07) is 5.44. The Balaban J connectivity index is 2.08. The Morgan fingerprint density at radius 1 is 1.50 bits per heavy atom. The van der Waals surface area contributed by atoms with Crippen molar-refractivity contribution in [3.8, 4) is 0 Å². The molecule has 0 unspecified atom stereocenters. The highest BCUT2D eigenvalue weighted by Gasteiger charge is 2.05. The van der Waals surface area contributed by atoms with E-state index in [1.54, 1.807) is 30.1 Å². The predicted molar refractivity (Wildman–Crippen MR) is 84.7 cm³/mol. The molecule has 7 heteroatoms. The molecule has 2 aromatic rings. The molecule has 5 nitrogen and oxygen atoms in total. The summed E-state index contributed by atoms with van der Waals surface area (Å²) in [5.74, 6) is 0. The van der Waals surface area contributed by atoms with Crippen molar-refractivity contribution in [1.29, 1.82) is 0 Å². The number of benzene rings is 1. The van der Waals surface area contributed by atoms with Gasteiger partial charge < -0.3 is 15.8 Å². The van der Waals surface area contributed by atoms with E-state index in [2.05, 4.69) is 10.4 Å². The Kier molecular flexibility index (Phi) is 4.94. The molecule has 0 aliphatic carbocycles. The minimum atomic E-state index is 0.286. The zero-order valence-electron chi connectivity index (χ0n) is 11.0. The first-order chi connectivity index (χ1) is 9.60. The summed E-state index contributed by atoms with van der Waals surface area (Å²) < 4.78 is 6.80. The van der Waals surface area contributed by atoms with Gasteiger partial charge in [-0.1, -0.05) is 23.8 Å². The van der Waals surface area contributed by atoms with Gasteiger partial charge in [-0.2, -0.15) is 5.10 Å². The van der Waals surface area contributed by atoms with Crippen LogP contribution in [0, 0.1) is 0 Å². The maximum absolute atomic E-state index is 6.12. The summed E-state index contributed by atoms with van der Waals surface area (Å²) in [5.41, 5.74) is 7.96. The van der Waals surface area contributed by atoms with Crippen molar-refractivity contribution in [3.63, 3.8) is 0 Å². The Labute approximate surface area is 127 Å². The lowest BCUT2D eigenvalue weighted by Crippen LogP contribution is -2.09. The number of rotatable bonds is 6. The Bertz CT molecular complexity index is 614. The maximum Gasteiger partial charge on any atom is 0.105 e. The average molecular weight is 311 g/mol. The molecule has 20 heavy (non-hydrogen) atoms. The van der Waals surface area contributed by atoms with Crippen LogP contribution in [0.4, 0.5) is 11.4 Å². The van der Waals surface area contributed by atoms with Crippen LogP contribution in [0.15, 0.2) is 30.6 Å². The van der Waals surface area contributed by atoms with Crippen molar-refractivity contribution in [1.82, 2.24) is 9.78 Å². The van der Waals surface area contributed by atoms with E-state index in [1.807, 2.05) is 12.3 Å². The Hall–Kier alpha value is -1.63. The second-order valence-electron chi connectivity index (χ2n) is 4.17. The number of nitrogens with two attached hydrogens (primary N) is 1. The summed E-state index contributed by atoms with van der Waals surface area (Å²) in [6.07, 6.45) is 3.64. The van der Waals surface area contributed by atoms with E-state index in [1.165, 1.54) is 0 Å². The first kappa shape index (κ1) is 14.8. The number of nitrogens with one attached hydrogen (secondary N) is 1. The third-order valence-corrected chi connectivity index (χ3v) is 3.21. The molecule has 1 aromatic heterocycles. The van der Waals surface area contributed by atoms with E-state index in [4.69, 9.17) is 34.3 Å². The van der Waals surface area contributed by atoms with Crippen molar-refractivity contribution in [2.24, 2.45) is 5.73 Å². The molecule has 0 radical (unpaired) electrons. The molecule has 3 N–H and O–H groups in total. The monoisotopic (exact) mass is 310 g/mol. The minimum absolute atomic E-state index is 0.286. The van der Waals surface area contributed by atoms with E-state index in [-0.39, 0.29) is 4.99 Å². The van der Waals surface area contributed by atoms with Gasteiger partial charge in [-0.3, -0.25) is 4.68 Å². The molecular weight excluding hydrogens is 296 g/mol. The highest BCUT2D eigenvalue weighted by molar-refractivity contribution is 7.80. The summed E-state index contributed by atoms with van der Waals surface area (Å²) in [6.45, 7) is 1.33.